The lowest BCUT2D eigenvalue weighted by Crippen LogP contribution is -2.43. The van der Waals surface area contributed by atoms with Crippen LogP contribution in [0, 0.1) is 25.7 Å². The van der Waals surface area contributed by atoms with E-state index in [2.05, 4.69) is 44.4 Å². The third kappa shape index (κ3) is 4.55. The highest BCUT2D eigenvalue weighted by molar-refractivity contribution is 5.31. The Bertz CT molecular complexity index is 433. The Kier molecular flexibility index (Phi) is 6.25. The summed E-state index contributed by atoms with van der Waals surface area (Å²) in [6.45, 7) is 6.68. The minimum absolute atomic E-state index is 0.424. The Labute approximate surface area is 130 Å². The molecule has 21 heavy (non-hydrogen) atoms. The van der Waals surface area contributed by atoms with Crippen molar-refractivity contribution in [3.8, 4) is 0 Å². The molecular formula is C19H32N2. The monoisotopic (exact) mass is 288 g/mol. The van der Waals surface area contributed by atoms with Gasteiger partial charge in [0.15, 0.2) is 0 Å². The first-order valence-corrected chi connectivity index (χ1v) is 8.66. The lowest BCUT2D eigenvalue weighted by Gasteiger charge is -2.34. The van der Waals surface area contributed by atoms with Crippen LogP contribution in [0.3, 0.4) is 0 Å². The average molecular weight is 288 g/mol. The van der Waals surface area contributed by atoms with Gasteiger partial charge in [-0.1, -0.05) is 56.4 Å². The molecule has 118 valence electrons. The van der Waals surface area contributed by atoms with Gasteiger partial charge in [0.1, 0.15) is 0 Å². The van der Waals surface area contributed by atoms with Gasteiger partial charge in [-0.2, -0.15) is 0 Å². The second-order valence-electron chi connectivity index (χ2n) is 6.98. The Morgan fingerprint density at radius 2 is 1.90 bits per heavy atom. The van der Waals surface area contributed by atoms with Gasteiger partial charge in [-0.05, 0) is 56.1 Å². The highest BCUT2D eigenvalue weighted by atomic mass is 15.2. The van der Waals surface area contributed by atoms with Crippen molar-refractivity contribution in [2.75, 3.05) is 0 Å². The highest BCUT2D eigenvalue weighted by Gasteiger charge is 2.27. The standard InChI is InChI=1S/C19H32N2/c1-4-5-16-8-10-17(11-9-16)19(21-20)13-18-12-14(2)6-7-15(18)3/h6-7,12,16-17,19,21H,4-5,8-11,13,20H2,1-3H3. The SMILES string of the molecule is CCCC1CCC(C(Cc2cc(C)ccc2C)NN)CC1. The maximum absolute atomic E-state index is 5.88. The molecule has 1 atom stereocenters. The summed E-state index contributed by atoms with van der Waals surface area (Å²) in [5, 5.41) is 0. The molecule has 0 spiro atoms. The number of hydrogen-bond acceptors (Lipinski definition) is 2. The van der Waals surface area contributed by atoms with Gasteiger partial charge < -0.3 is 0 Å². The van der Waals surface area contributed by atoms with E-state index in [0.29, 0.717) is 6.04 Å². The Balaban J connectivity index is 1.96. The van der Waals surface area contributed by atoms with Crippen molar-refractivity contribution in [3.63, 3.8) is 0 Å². The predicted octanol–water partition coefficient (Wildman–Crippen LogP) is 4.28. The molecule has 1 aliphatic carbocycles. The molecule has 2 rings (SSSR count). The van der Waals surface area contributed by atoms with Crippen molar-refractivity contribution in [2.45, 2.75) is 71.8 Å². The van der Waals surface area contributed by atoms with Crippen LogP contribution < -0.4 is 11.3 Å². The fourth-order valence-corrected chi connectivity index (χ4v) is 3.91. The molecule has 0 aliphatic heterocycles. The lowest BCUT2D eigenvalue weighted by molar-refractivity contribution is 0.213. The van der Waals surface area contributed by atoms with E-state index in [1.807, 2.05) is 0 Å². The molecular weight excluding hydrogens is 256 g/mol. The van der Waals surface area contributed by atoms with Crippen LogP contribution in [-0.2, 0) is 6.42 Å². The summed E-state index contributed by atoms with van der Waals surface area (Å²) in [7, 11) is 0. The number of nitrogens with one attached hydrogen (secondary N) is 1. The van der Waals surface area contributed by atoms with Crippen LogP contribution in [0.5, 0.6) is 0 Å². The van der Waals surface area contributed by atoms with Crippen LogP contribution in [0.4, 0.5) is 0 Å². The third-order valence-electron chi connectivity index (χ3n) is 5.32. The molecule has 2 nitrogen and oxygen atoms in total. The summed E-state index contributed by atoms with van der Waals surface area (Å²) in [6, 6.07) is 7.17. The van der Waals surface area contributed by atoms with Gasteiger partial charge >= 0.3 is 0 Å². The molecule has 1 fully saturated rings. The van der Waals surface area contributed by atoms with Gasteiger partial charge in [0.2, 0.25) is 0 Å². The number of hydrogen-bond donors (Lipinski definition) is 2. The zero-order valence-electron chi connectivity index (χ0n) is 14.0. The number of aryl methyl sites for hydroxylation is 2. The minimum atomic E-state index is 0.424. The Morgan fingerprint density at radius 3 is 2.52 bits per heavy atom. The summed E-state index contributed by atoms with van der Waals surface area (Å²) >= 11 is 0. The van der Waals surface area contributed by atoms with Gasteiger partial charge in [0.25, 0.3) is 0 Å². The van der Waals surface area contributed by atoms with Crippen molar-refractivity contribution in [2.24, 2.45) is 17.7 Å². The molecule has 1 aromatic rings. The van der Waals surface area contributed by atoms with E-state index in [-0.39, 0.29) is 0 Å². The van der Waals surface area contributed by atoms with E-state index in [4.69, 9.17) is 5.84 Å². The van der Waals surface area contributed by atoms with Crippen molar-refractivity contribution in [3.05, 3.63) is 34.9 Å². The molecule has 0 aromatic heterocycles. The van der Waals surface area contributed by atoms with Crippen LogP contribution in [0.25, 0.3) is 0 Å². The van der Waals surface area contributed by atoms with E-state index < -0.39 is 0 Å². The largest absolute Gasteiger partial charge is 0.271 e. The zero-order chi connectivity index (χ0) is 15.2. The van der Waals surface area contributed by atoms with Crippen molar-refractivity contribution in [1.29, 1.82) is 0 Å². The van der Waals surface area contributed by atoms with Gasteiger partial charge in [-0.3, -0.25) is 11.3 Å². The van der Waals surface area contributed by atoms with E-state index in [1.165, 1.54) is 55.2 Å². The van der Waals surface area contributed by atoms with E-state index in [0.717, 1.165) is 18.3 Å². The van der Waals surface area contributed by atoms with Gasteiger partial charge in [-0.25, -0.2) is 0 Å². The van der Waals surface area contributed by atoms with Crippen LogP contribution in [0.15, 0.2) is 18.2 Å². The fourth-order valence-electron chi connectivity index (χ4n) is 3.91. The maximum atomic E-state index is 5.88. The number of rotatable bonds is 6. The molecule has 1 aliphatic rings. The first-order chi connectivity index (χ1) is 10.1. The number of hydrazine groups is 1. The molecule has 1 unspecified atom stereocenters. The van der Waals surface area contributed by atoms with Gasteiger partial charge in [-0.15, -0.1) is 0 Å². The minimum Gasteiger partial charge on any atom is -0.271 e. The average Bonchev–Trinajstić information content (AvgIpc) is 2.49. The normalized spacial score (nSPS) is 24.0. The van der Waals surface area contributed by atoms with Crippen molar-refractivity contribution >= 4 is 0 Å². The molecule has 0 amide bonds. The van der Waals surface area contributed by atoms with Crippen molar-refractivity contribution in [1.82, 2.24) is 5.43 Å². The molecule has 2 heteroatoms. The molecule has 0 saturated heterocycles. The predicted molar refractivity (Wildman–Crippen MR) is 91.1 cm³/mol. The smallest absolute Gasteiger partial charge is 0.0279 e. The first-order valence-electron chi connectivity index (χ1n) is 8.66. The first kappa shape index (κ1) is 16.5. The summed E-state index contributed by atoms with van der Waals surface area (Å²) in [5.74, 6) is 7.59. The second kappa shape index (κ2) is 7.95. The molecule has 1 aromatic carbocycles. The number of benzene rings is 1. The Morgan fingerprint density at radius 1 is 1.19 bits per heavy atom. The van der Waals surface area contributed by atoms with Gasteiger partial charge in [0, 0.05) is 6.04 Å². The fraction of sp³-hybridized carbons (Fsp3) is 0.684. The lowest BCUT2D eigenvalue weighted by atomic mass is 9.76. The van der Waals surface area contributed by atoms with E-state index in [1.54, 1.807) is 0 Å². The van der Waals surface area contributed by atoms with Crippen LogP contribution in [-0.4, -0.2) is 6.04 Å². The van der Waals surface area contributed by atoms with Gasteiger partial charge in [0.05, 0.1) is 0 Å². The van der Waals surface area contributed by atoms with Crippen LogP contribution in [0.1, 0.15) is 62.1 Å². The third-order valence-corrected chi connectivity index (χ3v) is 5.32. The molecule has 0 radical (unpaired) electrons. The zero-order valence-corrected chi connectivity index (χ0v) is 14.0. The summed E-state index contributed by atoms with van der Waals surface area (Å²) in [4.78, 5) is 0. The topological polar surface area (TPSA) is 38.0 Å². The quantitative estimate of drug-likeness (QED) is 0.605. The molecule has 3 N–H and O–H groups in total. The Hall–Kier alpha value is -0.860. The maximum Gasteiger partial charge on any atom is 0.0279 e. The summed E-state index contributed by atoms with van der Waals surface area (Å²) < 4.78 is 0. The number of nitrogens with two attached hydrogens (primary N) is 1. The van der Waals surface area contributed by atoms with E-state index >= 15 is 0 Å². The molecule has 0 bridgehead atoms. The summed E-state index contributed by atoms with van der Waals surface area (Å²) in [6.07, 6.45) is 9.26. The van der Waals surface area contributed by atoms with E-state index in [9.17, 15) is 0 Å². The highest BCUT2D eigenvalue weighted by Crippen LogP contribution is 2.34. The van der Waals surface area contributed by atoms with Crippen LogP contribution in [0.2, 0.25) is 0 Å². The van der Waals surface area contributed by atoms with Crippen molar-refractivity contribution < 1.29 is 0 Å². The summed E-state index contributed by atoms with van der Waals surface area (Å²) in [5.41, 5.74) is 7.30. The second-order valence-corrected chi connectivity index (χ2v) is 6.98. The molecule has 0 heterocycles. The molecule has 1 saturated carbocycles. The van der Waals surface area contributed by atoms with Crippen LogP contribution >= 0.6 is 0 Å².